The summed E-state index contributed by atoms with van der Waals surface area (Å²) < 4.78 is 43.5. The molecule has 0 bridgehead atoms. The number of benzene rings is 2. The molecule has 3 aromatic rings. The first-order valence-corrected chi connectivity index (χ1v) is 12.7. The lowest BCUT2D eigenvalue weighted by molar-refractivity contribution is -0.136. The Bertz CT molecular complexity index is 1280. The van der Waals surface area contributed by atoms with Gasteiger partial charge in [-0.2, -0.15) is 4.31 Å². The molecule has 1 aromatic heterocycles. The van der Waals surface area contributed by atoms with Crippen LogP contribution in [-0.2, 0) is 27.8 Å². The molecular formula is C25H29FN2O4S. The van der Waals surface area contributed by atoms with Crippen LogP contribution in [0.1, 0.15) is 48.9 Å². The number of carboxylic acid groups (broad SMARTS) is 1. The van der Waals surface area contributed by atoms with Crippen molar-refractivity contribution in [1.29, 1.82) is 0 Å². The Morgan fingerprint density at radius 1 is 1.12 bits per heavy atom. The van der Waals surface area contributed by atoms with E-state index in [1.165, 1.54) is 16.4 Å². The van der Waals surface area contributed by atoms with Crippen LogP contribution in [0.25, 0.3) is 10.9 Å². The lowest BCUT2D eigenvalue weighted by Crippen LogP contribution is -2.38. The molecule has 0 saturated heterocycles. The standard InChI is InChI=1S/C25H29FN2O4S/c1-17-22(15-25(29)30)23-14-19(26)10-13-24(23)28(17)16-18-8-11-21(12-9-18)33(31,32)27(2)20-6-4-3-5-7-20/h8-14,20H,3-7,15-16H2,1-2H3,(H,29,30). The molecule has 0 amide bonds. The highest BCUT2D eigenvalue weighted by Crippen LogP contribution is 2.29. The van der Waals surface area contributed by atoms with Gasteiger partial charge in [-0.05, 0) is 61.2 Å². The van der Waals surface area contributed by atoms with Gasteiger partial charge in [0.2, 0.25) is 10.0 Å². The number of nitrogens with zero attached hydrogens (tertiary/aromatic N) is 2. The average Bonchev–Trinajstić information content (AvgIpc) is 3.04. The zero-order chi connectivity index (χ0) is 23.8. The Morgan fingerprint density at radius 2 is 1.79 bits per heavy atom. The van der Waals surface area contributed by atoms with Gasteiger partial charge in [-0.25, -0.2) is 12.8 Å². The first-order valence-electron chi connectivity index (χ1n) is 11.2. The van der Waals surface area contributed by atoms with E-state index >= 15 is 0 Å². The molecule has 4 rings (SSSR count). The summed E-state index contributed by atoms with van der Waals surface area (Å²) in [6, 6.07) is 11.3. The number of hydrogen-bond acceptors (Lipinski definition) is 3. The van der Waals surface area contributed by atoms with Crippen LogP contribution in [0.2, 0.25) is 0 Å². The summed E-state index contributed by atoms with van der Waals surface area (Å²) in [4.78, 5) is 11.6. The number of halogens is 1. The van der Waals surface area contributed by atoms with Gasteiger partial charge in [-0.1, -0.05) is 31.4 Å². The second kappa shape index (κ2) is 9.27. The minimum atomic E-state index is -3.57. The predicted octanol–water partition coefficient (Wildman–Crippen LogP) is 4.72. The number of fused-ring (bicyclic) bond motifs is 1. The SMILES string of the molecule is Cc1c(CC(=O)O)c2cc(F)ccc2n1Cc1ccc(S(=O)(=O)N(C)C2CCCCC2)cc1. The molecular weight excluding hydrogens is 443 g/mol. The van der Waals surface area contributed by atoms with Crippen LogP contribution < -0.4 is 0 Å². The zero-order valence-electron chi connectivity index (χ0n) is 18.9. The highest BCUT2D eigenvalue weighted by molar-refractivity contribution is 7.89. The molecule has 1 heterocycles. The maximum Gasteiger partial charge on any atom is 0.307 e. The Balaban J connectivity index is 1.62. The van der Waals surface area contributed by atoms with Gasteiger partial charge in [0.25, 0.3) is 0 Å². The van der Waals surface area contributed by atoms with E-state index in [2.05, 4.69) is 0 Å². The summed E-state index contributed by atoms with van der Waals surface area (Å²) in [6.07, 6.45) is 4.87. The van der Waals surface area contributed by atoms with Crippen LogP contribution in [0, 0.1) is 12.7 Å². The minimum Gasteiger partial charge on any atom is -0.481 e. The van der Waals surface area contributed by atoms with E-state index in [1.807, 2.05) is 11.5 Å². The summed E-state index contributed by atoms with van der Waals surface area (Å²) in [5.74, 6) is -1.39. The Labute approximate surface area is 193 Å². The van der Waals surface area contributed by atoms with E-state index in [-0.39, 0.29) is 17.4 Å². The molecule has 1 fully saturated rings. The number of carboxylic acids is 1. The summed E-state index contributed by atoms with van der Waals surface area (Å²) in [5, 5.41) is 9.89. The highest BCUT2D eigenvalue weighted by Gasteiger charge is 2.29. The van der Waals surface area contributed by atoms with Crippen LogP contribution >= 0.6 is 0 Å². The molecule has 0 spiro atoms. The van der Waals surface area contributed by atoms with Crippen molar-refractivity contribution in [2.75, 3.05) is 7.05 Å². The number of aliphatic carboxylic acids is 1. The Kier molecular flexibility index (Phi) is 6.59. The molecule has 0 radical (unpaired) electrons. The normalized spacial score (nSPS) is 15.4. The van der Waals surface area contributed by atoms with E-state index in [4.69, 9.17) is 0 Å². The molecule has 1 N–H and O–H groups in total. The van der Waals surface area contributed by atoms with Crippen molar-refractivity contribution in [2.45, 2.75) is 62.9 Å². The third-order valence-electron chi connectivity index (χ3n) is 6.77. The van der Waals surface area contributed by atoms with E-state index in [1.54, 1.807) is 37.4 Å². The van der Waals surface area contributed by atoms with E-state index in [0.29, 0.717) is 17.5 Å². The Morgan fingerprint density at radius 3 is 2.42 bits per heavy atom. The van der Waals surface area contributed by atoms with E-state index in [9.17, 15) is 22.7 Å². The summed E-state index contributed by atoms with van der Waals surface area (Å²) in [6.45, 7) is 2.25. The average molecular weight is 473 g/mol. The van der Waals surface area contributed by atoms with Crippen molar-refractivity contribution in [3.8, 4) is 0 Å². The second-order valence-electron chi connectivity index (χ2n) is 8.84. The van der Waals surface area contributed by atoms with Gasteiger partial charge in [0, 0.05) is 36.2 Å². The molecule has 8 heteroatoms. The van der Waals surface area contributed by atoms with Crippen molar-refractivity contribution in [3.63, 3.8) is 0 Å². The van der Waals surface area contributed by atoms with Crippen LogP contribution in [0.5, 0.6) is 0 Å². The third kappa shape index (κ3) is 4.68. The monoisotopic (exact) mass is 472 g/mol. The number of carbonyl (C=O) groups is 1. The second-order valence-corrected chi connectivity index (χ2v) is 10.8. The van der Waals surface area contributed by atoms with Crippen molar-refractivity contribution in [1.82, 2.24) is 8.87 Å². The first kappa shape index (κ1) is 23.4. The fourth-order valence-corrected chi connectivity index (χ4v) is 6.27. The maximum absolute atomic E-state index is 13.9. The highest BCUT2D eigenvalue weighted by atomic mass is 32.2. The van der Waals surface area contributed by atoms with Gasteiger partial charge in [-0.15, -0.1) is 0 Å². The van der Waals surface area contributed by atoms with Gasteiger partial charge < -0.3 is 9.67 Å². The van der Waals surface area contributed by atoms with Gasteiger partial charge in [0.05, 0.1) is 11.3 Å². The molecule has 176 valence electrons. The first-order chi connectivity index (χ1) is 15.7. The lowest BCUT2D eigenvalue weighted by atomic mass is 9.96. The van der Waals surface area contributed by atoms with E-state index in [0.717, 1.165) is 48.9 Å². The fraction of sp³-hybridized carbons (Fsp3) is 0.400. The van der Waals surface area contributed by atoms with Crippen molar-refractivity contribution >= 4 is 26.9 Å². The fourth-order valence-electron chi connectivity index (χ4n) is 4.86. The molecule has 1 aliphatic carbocycles. The molecule has 33 heavy (non-hydrogen) atoms. The van der Waals surface area contributed by atoms with Crippen molar-refractivity contribution in [2.24, 2.45) is 0 Å². The quantitative estimate of drug-likeness (QED) is 0.540. The Hall–Kier alpha value is -2.71. The molecule has 1 saturated carbocycles. The van der Waals surface area contributed by atoms with Crippen molar-refractivity contribution < 1.29 is 22.7 Å². The van der Waals surface area contributed by atoms with Gasteiger partial charge in [0.1, 0.15) is 5.82 Å². The van der Waals surface area contributed by atoms with Gasteiger partial charge in [-0.3, -0.25) is 4.79 Å². The number of rotatable bonds is 7. The lowest BCUT2D eigenvalue weighted by Gasteiger charge is -2.30. The smallest absolute Gasteiger partial charge is 0.307 e. The molecule has 0 atom stereocenters. The van der Waals surface area contributed by atoms with Crippen LogP contribution in [0.4, 0.5) is 4.39 Å². The molecule has 2 aromatic carbocycles. The topological polar surface area (TPSA) is 79.6 Å². The van der Waals surface area contributed by atoms with Crippen LogP contribution in [-0.4, -0.2) is 41.5 Å². The number of sulfonamides is 1. The summed E-state index contributed by atoms with van der Waals surface area (Å²) in [5.41, 5.74) is 2.97. The zero-order valence-corrected chi connectivity index (χ0v) is 19.7. The summed E-state index contributed by atoms with van der Waals surface area (Å²) >= 11 is 0. The van der Waals surface area contributed by atoms with Crippen LogP contribution in [0.3, 0.4) is 0 Å². The maximum atomic E-state index is 13.9. The number of hydrogen-bond donors (Lipinski definition) is 1. The molecule has 1 aliphatic rings. The summed E-state index contributed by atoms with van der Waals surface area (Å²) in [7, 11) is -1.90. The minimum absolute atomic E-state index is 0.0466. The molecule has 6 nitrogen and oxygen atoms in total. The van der Waals surface area contributed by atoms with Crippen LogP contribution in [0.15, 0.2) is 47.4 Å². The predicted molar refractivity (Wildman–Crippen MR) is 125 cm³/mol. The molecule has 0 unspecified atom stereocenters. The number of aromatic nitrogens is 1. The van der Waals surface area contributed by atoms with Gasteiger partial charge >= 0.3 is 5.97 Å². The van der Waals surface area contributed by atoms with Gasteiger partial charge in [0.15, 0.2) is 0 Å². The third-order valence-corrected chi connectivity index (χ3v) is 8.70. The van der Waals surface area contributed by atoms with E-state index < -0.39 is 21.8 Å². The largest absolute Gasteiger partial charge is 0.481 e. The molecule has 0 aliphatic heterocycles. The van der Waals surface area contributed by atoms with Crippen molar-refractivity contribution in [3.05, 3.63) is 65.1 Å².